The first-order chi connectivity index (χ1) is 6.75. The molecule has 84 valence electrons. The maximum absolute atomic E-state index is 13.0. The van der Waals surface area contributed by atoms with Crippen molar-refractivity contribution in [2.45, 2.75) is 11.3 Å². The Labute approximate surface area is 92.2 Å². The van der Waals surface area contributed by atoms with Gasteiger partial charge in [0.15, 0.2) is 5.82 Å². The number of alkyl halides is 2. The third-order valence-corrected chi connectivity index (χ3v) is 3.24. The van der Waals surface area contributed by atoms with Crippen molar-refractivity contribution in [2.24, 2.45) is 0 Å². The van der Waals surface area contributed by atoms with Crippen molar-refractivity contribution >= 4 is 31.3 Å². The molecule has 1 rings (SSSR count). The van der Waals surface area contributed by atoms with Crippen molar-refractivity contribution in [3.63, 3.8) is 0 Å². The first-order valence-electron chi connectivity index (χ1n) is 3.32. The van der Waals surface area contributed by atoms with Gasteiger partial charge in [0.1, 0.15) is 10.6 Å². The second kappa shape index (κ2) is 4.15. The predicted octanol–water partition coefficient (Wildman–Crippen LogP) is 2.74. The largest absolute Gasteiger partial charge is 0.283 e. The Morgan fingerprint density at radius 3 is 2.33 bits per heavy atom. The van der Waals surface area contributed by atoms with Gasteiger partial charge in [0.05, 0.1) is 5.02 Å². The van der Waals surface area contributed by atoms with Crippen LogP contribution in [0.5, 0.6) is 0 Å². The van der Waals surface area contributed by atoms with Crippen LogP contribution in [0.1, 0.15) is 12.1 Å². The standard InChI is InChI=1S/C6H2Cl2F3NO2S/c7-3-2(15(8,13)14)1-12-5(4(3)9)6(10)11/h1,6H. The Hall–Kier alpha value is -0.530. The molecule has 0 aromatic carbocycles. The minimum Gasteiger partial charge on any atom is -0.251 e. The fourth-order valence-corrected chi connectivity index (χ4v) is 2.19. The van der Waals surface area contributed by atoms with E-state index in [0.29, 0.717) is 6.20 Å². The number of pyridine rings is 1. The summed E-state index contributed by atoms with van der Waals surface area (Å²) in [6, 6.07) is 0. The van der Waals surface area contributed by atoms with E-state index >= 15 is 0 Å². The van der Waals surface area contributed by atoms with Crippen molar-refractivity contribution in [3.05, 3.63) is 22.7 Å². The van der Waals surface area contributed by atoms with Crippen LogP contribution in [0, 0.1) is 5.82 Å². The second-order valence-corrected chi connectivity index (χ2v) is 5.29. The highest BCUT2D eigenvalue weighted by Crippen LogP contribution is 2.31. The molecule has 9 heteroatoms. The maximum Gasteiger partial charge on any atom is 0.283 e. The van der Waals surface area contributed by atoms with Gasteiger partial charge in [0.2, 0.25) is 0 Å². The molecule has 1 aromatic heterocycles. The number of hydrogen-bond donors (Lipinski definition) is 0. The molecule has 0 bridgehead atoms. The molecule has 0 aliphatic carbocycles. The van der Waals surface area contributed by atoms with Gasteiger partial charge < -0.3 is 0 Å². The van der Waals surface area contributed by atoms with E-state index < -0.39 is 36.9 Å². The summed E-state index contributed by atoms with van der Waals surface area (Å²) in [6.45, 7) is 0. The Balaban J connectivity index is 3.48. The van der Waals surface area contributed by atoms with Gasteiger partial charge in [-0.3, -0.25) is 4.98 Å². The van der Waals surface area contributed by atoms with Crippen LogP contribution in [0.3, 0.4) is 0 Å². The van der Waals surface area contributed by atoms with E-state index in [0.717, 1.165) is 0 Å². The zero-order valence-electron chi connectivity index (χ0n) is 6.72. The Kier molecular flexibility index (Phi) is 3.47. The first-order valence-corrected chi connectivity index (χ1v) is 6.00. The quantitative estimate of drug-likeness (QED) is 0.782. The van der Waals surface area contributed by atoms with E-state index in [-0.39, 0.29) is 0 Å². The Bertz CT molecular complexity index is 491. The van der Waals surface area contributed by atoms with E-state index in [9.17, 15) is 21.6 Å². The van der Waals surface area contributed by atoms with E-state index in [4.69, 9.17) is 22.3 Å². The van der Waals surface area contributed by atoms with Crippen molar-refractivity contribution < 1.29 is 21.6 Å². The molecule has 0 aliphatic rings. The molecule has 0 saturated heterocycles. The molecule has 0 atom stereocenters. The molecule has 15 heavy (non-hydrogen) atoms. The van der Waals surface area contributed by atoms with Gasteiger partial charge >= 0.3 is 0 Å². The summed E-state index contributed by atoms with van der Waals surface area (Å²) in [5, 5.41) is -0.990. The van der Waals surface area contributed by atoms with Crippen LogP contribution in [0.4, 0.5) is 13.2 Å². The van der Waals surface area contributed by atoms with Crippen LogP contribution in [-0.4, -0.2) is 13.4 Å². The zero-order valence-corrected chi connectivity index (χ0v) is 9.04. The summed E-state index contributed by atoms with van der Waals surface area (Å²) in [7, 11) is 0.556. The van der Waals surface area contributed by atoms with Crippen molar-refractivity contribution in [2.75, 3.05) is 0 Å². The van der Waals surface area contributed by atoms with Crippen LogP contribution < -0.4 is 0 Å². The molecule has 0 N–H and O–H groups in total. The summed E-state index contributed by atoms with van der Waals surface area (Å²) >= 11 is 5.22. The highest BCUT2D eigenvalue weighted by Gasteiger charge is 2.25. The summed E-state index contributed by atoms with van der Waals surface area (Å²) in [4.78, 5) is 2.09. The van der Waals surface area contributed by atoms with Gasteiger partial charge in [-0.2, -0.15) is 0 Å². The molecule has 0 aliphatic heterocycles. The number of aromatic nitrogens is 1. The normalized spacial score (nSPS) is 12.1. The third kappa shape index (κ3) is 2.53. The van der Waals surface area contributed by atoms with Gasteiger partial charge in [-0.25, -0.2) is 21.6 Å². The lowest BCUT2D eigenvalue weighted by molar-refractivity contribution is 0.140. The lowest BCUT2D eigenvalue weighted by atomic mass is 10.3. The summed E-state index contributed by atoms with van der Waals surface area (Å²) in [5.74, 6) is -1.59. The minimum absolute atomic E-state index is 0.481. The van der Waals surface area contributed by atoms with Crippen molar-refractivity contribution in [1.29, 1.82) is 0 Å². The van der Waals surface area contributed by atoms with Crippen LogP contribution in [0.15, 0.2) is 11.1 Å². The van der Waals surface area contributed by atoms with Crippen molar-refractivity contribution in [1.82, 2.24) is 4.98 Å². The molecule has 0 radical (unpaired) electrons. The molecule has 3 nitrogen and oxygen atoms in total. The lowest BCUT2D eigenvalue weighted by Gasteiger charge is -2.05. The number of hydrogen-bond acceptors (Lipinski definition) is 3. The van der Waals surface area contributed by atoms with E-state index in [1.165, 1.54) is 0 Å². The molecule has 0 fully saturated rings. The highest BCUT2D eigenvalue weighted by molar-refractivity contribution is 8.13. The van der Waals surface area contributed by atoms with Gasteiger partial charge in [0, 0.05) is 16.9 Å². The van der Waals surface area contributed by atoms with Gasteiger partial charge in [0.25, 0.3) is 15.5 Å². The average molecular weight is 280 g/mol. The second-order valence-electron chi connectivity index (χ2n) is 2.37. The Morgan fingerprint density at radius 1 is 1.40 bits per heavy atom. The Morgan fingerprint density at radius 2 is 1.93 bits per heavy atom. The monoisotopic (exact) mass is 279 g/mol. The van der Waals surface area contributed by atoms with E-state index in [2.05, 4.69) is 4.98 Å². The fraction of sp³-hybridized carbons (Fsp3) is 0.167. The molecule has 0 saturated carbocycles. The number of nitrogens with zero attached hydrogens (tertiary/aromatic N) is 1. The number of halogens is 5. The molecule has 0 unspecified atom stereocenters. The third-order valence-electron chi connectivity index (χ3n) is 1.42. The van der Waals surface area contributed by atoms with Crippen LogP contribution in [0.25, 0.3) is 0 Å². The van der Waals surface area contributed by atoms with Crippen LogP contribution in [0.2, 0.25) is 5.02 Å². The molecule has 1 aromatic rings. The summed E-state index contributed by atoms with van der Waals surface area (Å²) in [5.41, 5.74) is -1.22. The van der Waals surface area contributed by atoms with Crippen molar-refractivity contribution in [3.8, 4) is 0 Å². The van der Waals surface area contributed by atoms with E-state index in [1.807, 2.05) is 0 Å². The molecule has 0 amide bonds. The van der Waals surface area contributed by atoms with Gasteiger partial charge in [-0.1, -0.05) is 11.6 Å². The minimum atomic E-state index is -4.31. The number of rotatable bonds is 2. The van der Waals surface area contributed by atoms with Gasteiger partial charge in [-0.15, -0.1) is 0 Å². The molecule has 0 spiro atoms. The van der Waals surface area contributed by atoms with Crippen LogP contribution >= 0.6 is 22.3 Å². The summed E-state index contributed by atoms with van der Waals surface area (Å²) < 4.78 is 58.8. The fourth-order valence-electron chi connectivity index (χ4n) is 0.784. The maximum atomic E-state index is 13.0. The lowest BCUT2D eigenvalue weighted by Crippen LogP contribution is -2.02. The van der Waals surface area contributed by atoms with Crippen LogP contribution in [-0.2, 0) is 9.05 Å². The average Bonchev–Trinajstić information content (AvgIpc) is 2.06. The summed E-state index contributed by atoms with van der Waals surface area (Å²) in [6.07, 6.45) is -2.70. The molecular weight excluding hydrogens is 278 g/mol. The zero-order chi connectivity index (χ0) is 11.8. The predicted molar refractivity (Wildman–Crippen MR) is 47.2 cm³/mol. The van der Waals surface area contributed by atoms with E-state index in [1.54, 1.807) is 0 Å². The van der Waals surface area contributed by atoms with Gasteiger partial charge in [-0.05, 0) is 0 Å². The first kappa shape index (κ1) is 12.5. The smallest absolute Gasteiger partial charge is 0.251 e. The molecular formula is C6H2Cl2F3NO2S. The molecule has 1 heterocycles. The SMILES string of the molecule is O=S(=O)(Cl)c1cnc(C(F)F)c(F)c1Cl. The topological polar surface area (TPSA) is 47.0 Å². The highest BCUT2D eigenvalue weighted by atomic mass is 35.7.